The van der Waals surface area contributed by atoms with Crippen LogP contribution in [0.1, 0.15) is 30.5 Å². The van der Waals surface area contributed by atoms with Crippen molar-refractivity contribution in [3.05, 3.63) is 55.9 Å². The van der Waals surface area contributed by atoms with Gasteiger partial charge in [-0.15, -0.1) is 22.7 Å². The smallest absolute Gasteiger partial charge is 0.410 e. The Kier molecular flexibility index (Phi) is 5.44. The van der Waals surface area contributed by atoms with Crippen molar-refractivity contribution in [2.24, 2.45) is 0 Å². The standard InChI is InChI=1S/C20H21NO3S2/c1-20(2,3)24-19(23)21-12-14(10-16-6-4-8-25-16)18(22)15(13-21)11-17-7-5-9-26-17/h4-11H,12-13H2,1-3H3/b14-10+,15-11+. The molecule has 0 unspecified atom stereocenters. The fourth-order valence-electron chi connectivity index (χ4n) is 2.59. The molecule has 0 atom stereocenters. The van der Waals surface area contributed by atoms with Gasteiger partial charge < -0.3 is 4.74 Å². The van der Waals surface area contributed by atoms with Crippen molar-refractivity contribution in [3.8, 4) is 0 Å². The number of thiophene rings is 2. The third kappa shape index (κ3) is 4.71. The van der Waals surface area contributed by atoms with E-state index in [1.165, 1.54) is 0 Å². The van der Waals surface area contributed by atoms with Crippen LogP contribution >= 0.6 is 22.7 Å². The van der Waals surface area contributed by atoms with Crippen LogP contribution in [0.3, 0.4) is 0 Å². The van der Waals surface area contributed by atoms with E-state index < -0.39 is 11.7 Å². The van der Waals surface area contributed by atoms with E-state index in [0.717, 1.165) is 9.75 Å². The molecule has 1 aliphatic rings. The first-order chi connectivity index (χ1) is 12.3. The predicted octanol–water partition coefficient (Wildman–Crippen LogP) is 5.10. The number of rotatable bonds is 2. The molecule has 1 saturated heterocycles. The lowest BCUT2D eigenvalue weighted by molar-refractivity contribution is -0.113. The summed E-state index contributed by atoms with van der Waals surface area (Å²) in [6, 6.07) is 7.80. The Labute approximate surface area is 161 Å². The highest BCUT2D eigenvalue weighted by molar-refractivity contribution is 7.11. The monoisotopic (exact) mass is 387 g/mol. The number of likely N-dealkylation sites (tertiary alicyclic amines) is 1. The van der Waals surface area contributed by atoms with Gasteiger partial charge in [0, 0.05) is 20.9 Å². The van der Waals surface area contributed by atoms with Crippen LogP contribution in [-0.2, 0) is 9.53 Å². The lowest BCUT2D eigenvalue weighted by Gasteiger charge is -2.31. The van der Waals surface area contributed by atoms with Crippen molar-refractivity contribution in [2.45, 2.75) is 26.4 Å². The van der Waals surface area contributed by atoms with Gasteiger partial charge in [-0.1, -0.05) is 12.1 Å². The quantitative estimate of drug-likeness (QED) is 0.674. The molecule has 0 aromatic carbocycles. The summed E-state index contributed by atoms with van der Waals surface area (Å²) in [5, 5.41) is 3.93. The topological polar surface area (TPSA) is 46.6 Å². The maximum absolute atomic E-state index is 12.9. The number of ketones is 1. The van der Waals surface area contributed by atoms with Crippen LogP contribution in [0.5, 0.6) is 0 Å². The molecule has 2 aromatic heterocycles. The average molecular weight is 388 g/mol. The van der Waals surface area contributed by atoms with Gasteiger partial charge in [-0.3, -0.25) is 9.69 Å². The van der Waals surface area contributed by atoms with Gasteiger partial charge in [-0.2, -0.15) is 0 Å². The number of amides is 1. The normalized spacial score (nSPS) is 18.6. The second-order valence-corrected chi connectivity index (χ2v) is 8.99. The molecule has 4 nitrogen and oxygen atoms in total. The van der Waals surface area contributed by atoms with Crippen LogP contribution in [0.25, 0.3) is 12.2 Å². The Morgan fingerprint density at radius 3 is 1.92 bits per heavy atom. The Morgan fingerprint density at radius 2 is 1.54 bits per heavy atom. The van der Waals surface area contributed by atoms with Crippen LogP contribution in [0.15, 0.2) is 46.2 Å². The number of hydrogen-bond acceptors (Lipinski definition) is 5. The number of carbonyl (C=O) groups is 2. The van der Waals surface area contributed by atoms with Gasteiger partial charge in [-0.25, -0.2) is 4.79 Å². The average Bonchev–Trinajstić information content (AvgIpc) is 3.23. The lowest BCUT2D eigenvalue weighted by Crippen LogP contribution is -2.44. The molecule has 0 radical (unpaired) electrons. The summed E-state index contributed by atoms with van der Waals surface area (Å²) in [6.45, 7) is 6.03. The molecule has 0 saturated carbocycles. The molecular formula is C20H21NO3S2. The summed E-state index contributed by atoms with van der Waals surface area (Å²) >= 11 is 3.13. The Balaban J connectivity index is 1.92. The van der Waals surface area contributed by atoms with Gasteiger partial charge >= 0.3 is 6.09 Å². The fraction of sp³-hybridized carbons (Fsp3) is 0.300. The highest BCUT2D eigenvalue weighted by Crippen LogP contribution is 2.25. The molecule has 0 bridgehead atoms. The first-order valence-corrected chi connectivity index (χ1v) is 10.1. The zero-order chi connectivity index (χ0) is 18.7. The third-order valence-electron chi connectivity index (χ3n) is 3.68. The van der Waals surface area contributed by atoms with E-state index in [1.54, 1.807) is 27.6 Å². The molecule has 1 aliphatic heterocycles. The number of carbonyl (C=O) groups excluding carboxylic acids is 2. The zero-order valence-electron chi connectivity index (χ0n) is 15.0. The molecule has 136 valence electrons. The first-order valence-electron chi connectivity index (χ1n) is 8.32. The van der Waals surface area contributed by atoms with Crippen molar-refractivity contribution in [3.63, 3.8) is 0 Å². The molecule has 1 amide bonds. The second kappa shape index (κ2) is 7.60. The van der Waals surface area contributed by atoms with Gasteiger partial charge in [0.15, 0.2) is 5.78 Å². The minimum Gasteiger partial charge on any atom is -0.444 e. The summed E-state index contributed by atoms with van der Waals surface area (Å²) in [4.78, 5) is 29.1. The minimum atomic E-state index is -0.576. The Hall–Kier alpha value is -2.18. The number of ether oxygens (including phenoxy) is 1. The molecule has 0 aliphatic carbocycles. The molecule has 3 rings (SSSR count). The van der Waals surface area contributed by atoms with Crippen LogP contribution in [0, 0.1) is 0 Å². The predicted molar refractivity (Wildman–Crippen MR) is 107 cm³/mol. The van der Waals surface area contributed by atoms with Crippen LogP contribution < -0.4 is 0 Å². The van der Waals surface area contributed by atoms with E-state index in [2.05, 4.69) is 0 Å². The van der Waals surface area contributed by atoms with Crippen molar-refractivity contribution in [1.82, 2.24) is 4.90 Å². The second-order valence-electron chi connectivity index (χ2n) is 7.04. The number of Topliss-reactive ketones (excluding diaryl/α,β-unsaturated/α-hetero) is 1. The van der Waals surface area contributed by atoms with Crippen molar-refractivity contribution in [2.75, 3.05) is 13.1 Å². The number of piperidine rings is 1. The number of hydrogen-bond donors (Lipinski definition) is 0. The van der Waals surface area contributed by atoms with E-state index in [4.69, 9.17) is 4.74 Å². The summed E-state index contributed by atoms with van der Waals surface area (Å²) in [5.74, 6) is -0.00777. The molecule has 6 heteroatoms. The van der Waals surface area contributed by atoms with Gasteiger partial charge in [-0.05, 0) is 55.8 Å². The zero-order valence-corrected chi connectivity index (χ0v) is 16.7. The molecular weight excluding hydrogens is 366 g/mol. The summed E-state index contributed by atoms with van der Waals surface area (Å²) in [6.07, 6.45) is 3.33. The molecule has 1 fully saturated rings. The molecule has 2 aromatic rings. The van der Waals surface area contributed by atoms with Crippen LogP contribution in [-0.4, -0.2) is 35.5 Å². The fourth-order valence-corrected chi connectivity index (χ4v) is 3.95. The molecule has 0 spiro atoms. The largest absolute Gasteiger partial charge is 0.444 e. The molecule has 0 N–H and O–H groups in total. The van der Waals surface area contributed by atoms with E-state index >= 15 is 0 Å². The van der Waals surface area contributed by atoms with E-state index in [0.29, 0.717) is 11.1 Å². The first kappa shape index (κ1) is 18.6. The summed E-state index contributed by atoms with van der Waals surface area (Å²) < 4.78 is 5.51. The number of nitrogens with zero attached hydrogens (tertiary/aromatic N) is 1. The highest BCUT2D eigenvalue weighted by Gasteiger charge is 2.31. The molecule has 3 heterocycles. The van der Waals surface area contributed by atoms with Crippen LogP contribution in [0.2, 0.25) is 0 Å². The summed E-state index contributed by atoms with van der Waals surface area (Å²) in [7, 11) is 0. The third-order valence-corrected chi connectivity index (χ3v) is 5.32. The van der Waals surface area contributed by atoms with E-state index in [1.807, 2.05) is 67.9 Å². The SMILES string of the molecule is CC(C)(C)OC(=O)N1C/C(=C\c2cccs2)C(=O)/C(=C/c2cccs2)C1. The minimum absolute atomic E-state index is 0.00777. The van der Waals surface area contributed by atoms with Crippen molar-refractivity contribution in [1.29, 1.82) is 0 Å². The van der Waals surface area contributed by atoms with E-state index in [-0.39, 0.29) is 18.9 Å². The van der Waals surface area contributed by atoms with Crippen molar-refractivity contribution < 1.29 is 14.3 Å². The van der Waals surface area contributed by atoms with Crippen molar-refractivity contribution >= 4 is 46.7 Å². The summed E-state index contributed by atoms with van der Waals surface area (Å²) in [5.41, 5.74) is 0.632. The van der Waals surface area contributed by atoms with Gasteiger partial charge in [0.1, 0.15) is 5.60 Å². The Bertz CT molecular complexity index is 784. The van der Waals surface area contributed by atoms with Gasteiger partial charge in [0.05, 0.1) is 13.1 Å². The van der Waals surface area contributed by atoms with Gasteiger partial charge in [0.2, 0.25) is 0 Å². The van der Waals surface area contributed by atoms with Gasteiger partial charge in [0.25, 0.3) is 0 Å². The van der Waals surface area contributed by atoms with Crippen LogP contribution in [0.4, 0.5) is 4.79 Å². The maximum Gasteiger partial charge on any atom is 0.410 e. The highest BCUT2D eigenvalue weighted by atomic mass is 32.1. The Morgan fingerprint density at radius 1 is 1.04 bits per heavy atom. The maximum atomic E-state index is 12.9. The lowest BCUT2D eigenvalue weighted by atomic mass is 9.96. The molecule has 26 heavy (non-hydrogen) atoms. The van der Waals surface area contributed by atoms with E-state index in [9.17, 15) is 9.59 Å².